The fourth-order valence-electron chi connectivity index (χ4n) is 1.67. The molecule has 1 aromatic heterocycles. The summed E-state index contributed by atoms with van der Waals surface area (Å²) < 4.78 is 0. The zero-order valence-corrected chi connectivity index (χ0v) is 8.74. The average Bonchev–Trinajstić information content (AvgIpc) is 2.60. The van der Waals surface area contributed by atoms with E-state index in [-0.39, 0.29) is 0 Å². The number of aromatic carboxylic acids is 1. The highest BCUT2D eigenvalue weighted by Gasteiger charge is 2.11. The molecule has 2 N–H and O–H groups in total. The van der Waals surface area contributed by atoms with Crippen LogP contribution in [-0.2, 0) is 0 Å². The van der Waals surface area contributed by atoms with Gasteiger partial charge in [0, 0.05) is 11.1 Å². The van der Waals surface area contributed by atoms with Gasteiger partial charge in [-0.3, -0.25) is 0 Å². The molecule has 0 atom stereocenters. The molecule has 3 heteroatoms. The second-order valence-corrected chi connectivity index (χ2v) is 3.95. The Hall–Kier alpha value is -1.77. The van der Waals surface area contributed by atoms with Gasteiger partial charge in [0.1, 0.15) is 0 Å². The van der Waals surface area contributed by atoms with Crippen LogP contribution in [0.1, 0.15) is 35.8 Å². The molecule has 0 spiro atoms. The van der Waals surface area contributed by atoms with Gasteiger partial charge in [0.2, 0.25) is 0 Å². The van der Waals surface area contributed by atoms with Crippen molar-refractivity contribution < 1.29 is 9.90 Å². The van der Waals surface area contributed by atoms with E-state index >= 15 is 0 Å². The fourth-order valence-corrected chi connectivity index (χ4v) is 1.67. The third kappa shape index (κ3) is 1.61. The number of benzene rings is 1. The molecule has 0 aliphatic rings. The summed E-state index contributed by atoms with van der Waals surface area (Å²) in [5.41, 5.74) is 2.12. The summed E-state index contributed by atoms with van der Waals surface area (Å²) in [4.78, 5) is 14.1. The van der Waals surface area contributed by atoms with Crippen molar-refractivity contribution in [3.63, 3.8) is 0 Å². The van der Waals surface area contributed by atoms with Crippen molar-refractivity contribution in [2.45, 2.75) is 19.8 Å². The molecule has 0 aliphatic heterocycles. The molecule has 0 bridgehead atoms. The van der Waals surface area contributed by atoms with Gasteiger partial charge in [-0.2, -0.15) is 0 Å². The topological polar surface area (TPSA) is 53.1 Å². The molecule has 2 aromatic rings. The van der Waals surface area contributed by atoms with Crippen molar-refractivity contribution in [1.82, 2.24) is 4.98 Å². The first-order valence-corrected chi connectivity index (χ1v) is 4.94. The van der Waals surface area contributed by atoms with Crippen LogP contribution in [-0.4, -0.2) is 16.1 Å². The number of para-hydroxylation sites is 1. The summed E-state index contributed by atoms with van der Waals surface area (Å²) in [6.45, 7) is 4.15. The first-order valence-electron chi connectivity index (χ1n) is 4.94. The lowest BCUT2D eigenvalue weighted by atomic mass is 10.1. The van der Waals surface area contributed by atoms with E-state index in [0.717, 1.165) is 11.1 Å². The van der Waals surface area contributed by atoms with Crippen LogP contribution in [0.4, 0.5) is 0 Å². The summed E-state index contributed by atoms with van der Waals surface area (Å²) in [6, 6.07) is 7.31. The minimum atomic E-state index is -0.891. The van der Waals surface area contributed by atoms with Crippen molar-refractivity contribution in [2.24, 2.45) is 0 Å². The van der Waals surface area contributed by atoms with E-state index in [1.165, 1.54) is 0 Å². The third-order valence-electron chi connectivity index (χ3n) is 2.53. The summed E-state index contributed by atoms with van der Waals surface area (Å²) in [7, 11) is 0. The molecular weight excluding hydrogens is 190 g/mol. The zero-order valence-electron chi connectivity index (χ0n) is 8.74. The summed E-state index contributed by atoms with van der Waals surface area (Å²) in [6.07, 6.45) is 0. The average molecular weight is 203 g/mol. The number of aromatic nitrogens is 1. The molecule has 0 amide bonds. The second-order valence-electron chi connectivity index (χ2n) is 3.95. The Kier molecular flexibility index (Phi) is 2.23. The molecule has 1 heterocycles. The van der Waals surface area contributed by atoms with Crippen molar-refractivity contribution >= 4 is 16.9 Å². The maximum atomic E-state index is 11.0. The van der Waals surface area contributed by atoms with Crippen molar-refractivity contribution in [2.75, 3.05) is 0 Å². The Morgan fingerprint density at radius 3 is 2.73 bits per heavy atom. The molecule has 0 unspecified atom stereocenters. The molecule has 0 saturated carbocycles. The van der Waals surface area contributed by atoms with Gasteiger partial charge in [-0.25, -0.2) is 4.79 Å². The maximum absolute atomic E-state index is 11.0. The Balaban J connectivity index is 2.70. The molecule has 78 valence electrons. The molecule has 2 rings (SSSR count). The number of rotatable bonds is 2. The van der Waals surface area contributed by atoms with Gasteiger partial charge >= 0.3 is 5.97 Å². The predicted octanol–water partition coefficient (Wildman–Crippen LogP) is 2.99. The highest BCUT2D eigenvalue weighted by atomic mass is 16.4. The number of carboxylic acid groups (broad SMARTS) is 1. The van der Waals surface area contributed by atoms with Crippen LogP contribution in [0.25, 0.3) is 10.9 Å². The van der Waals surface area contributed by atoms with Gasteiger partial charge in [-0.15, -0.1) is 0 Å². The highest BCUT2D eigenvalue weighted by molar-refractivity contribution is 6.02. The Morgan fingerprint density at radius 2 is 2.13 bits per heavy atom. The first kappa shape index (κ1) is 9.77. The van der Waals surface area contributed by atoms with Crippen LogP contribution < -0.4 is 0 Å². The van der Waals surface area contributed by atoms with E-state index < -0.39 is 5.97 Å². The highest BCUT2D eigenvalue weighted by Crippen LogP contribution is 2.23. The summed E-state index contributed by atoms with van der Waals surface area (Å²) in [5.74, 6) is -0.517. The van der Waals surface area contributed by atoms with Crippen LogP contribution >= 0.6 is 0 Å². The number of fused-ring (bicyclic) bond motifs is 1. The second kappa shape index (κ2) is 3.42. The molecule has 0 radical (unpaired) electrons. The molecular formula is C12H13NO2. The number of nitrogens with one attached hydrogen (secondary N) is 1. The van der Waals surface area contributed by atoms with Gasteiger partial charge in [0.25, 0.3) is 0 Å². The Labute approximate surface area is 87.7 Å². The predicted molar refractivity (Wildman–Crippen MR) is 59.3 cm³/mol. The minimum absolute atomic E-state index is 0.333. The standard InChI is InChI=1S/C12H13NO2/c1-7(2)10-6-8-4-3-5-9(12(14)15)11(8)13-10/h3-7,13H,1-2H3,(H,14,15). The van der Waals surface area contributed by atoms with Crippen LogP contribution in [0, 0.1) is 0 Å². The van der Waals surface area contributed by atoms with Crippen molar-refractivity contribution in [3.05, 3.63) is 35.5 Å². The van der Waals surface area contributed by atoms with Crippen LogP contribution in [0.5, 0.6) is 0 Å². The van der Waals surface area contributed by atoms with Gasteiger partial charge < -0.3 is 10.1 Å². The normalized spacial score (nSPS) is 11.1. The number of aromatic amines is 1. The largest absolute Gasteiger partial charge is 0.478 e. The molecule has 15 heavy (non-hydrogen) atoms. The monoisotopic (exact) mass is 203 g/mol. The molecule has 0 saturated heterocycles. The minimum Gasteiger partial charge on any atom is -0.478 e. The van der Waals surface area contributed by atoms with Gasteiger partial charge in [0.05, 0.1) is 11.1 Å². The molecule has 0 fully saturated rings. The molecule has 1 aromatic carbocycles. The van der Waals surface area contributed by atoms with Crippen LogP contribution in [0.3, 0.4) is 0 Å². The quantitative estimate of drug-likeness (QED) is 0.788. The lowest BCUT2D eigenvalue weighted by Gasteiger charge is -1.99. The van der Waals surface area contributed by atoms with E-state index in [1.807, 2.05) is 12.1 Å². The number of hydrogen-bond acceptors (Lipinski definition) is 1. The van der Waals surface area contributed by atoms with E-state index in [9.17, 15) is 4.79 Å². The van der Waals surface area contributed by atoms with Gasteiger partial charge in [0.15, 0.2) is 0 Å². The molecule has 0 aliphatic carbocycles. The lowest BCUT2D eigenvalue weighted by molar-refractivity contribution is 0.0699. The molecule has 3 nitrogen and oxygen atoms in total. The van der Waals surface area contributed by atoms with E-state index in [1.54, 1.807) is 12.1 Å². The van der Waals surface area contributed by atoms with Crippen LogP contribution in [0.2, 0.25) is 0 Å². The number of carbonyl (C=O) groups is 1. The summed E-state index contributed by atoms with van der Waals surface area (Å²) >= 11 is 0. The fraction of sp³-hybridized carbons (Fsp3) is 0.250. The number of carboxylic acids is 1. The van der Waals surface area contributed by atoms with E-state index in [0.29, 0.717) is 17.0 Å². The SMILES string of the molecule is CC(C)c1cc2cccc(C(=O)O)c2[nH]1. The van der Waals surface area contributed by atoms with Crippen molar-refractivity contribution in [3.8, 4) is 0 Å². The maximum Gasteiger partial charge on any atom is 0.337 e. The smallest absolute Gasteiger partial charge is 0.337 e. The van der Waals surface area contributed by atoms with Gasteiger partial charge in [-0.1, -0.05) is 26.0 Å². The summed E-state index contributed by atoms with van der Waals surface area (Å²) in [5, 5.41) is 9.97. The first-order chi connectivity index (χ1) is 7.09. The Morgan fingerprint density at radius 1 is 1.40 bits per heavy atom. The van der Waals surface area contributed by atoms with E-state index in [2.05, 4.69) is 18.8 Å². The third-order valence-corrected chi connectivity index (χ3v) is 2.53. The van der Waals surface area contributed by atoms with Crippen LogP contribution in [0.15, 0.2) is 24.3 Å². The lowest BCUT2D eigenvalue weighted by Crippen LogP contribution is -1.97. The van der Waals surface area contributed by atoms with E-state index in [4.69, 9.17) is 5.11 Å². The van der Waals surface area contributed by atoms with Gasteiger partial charge in [-0.05, 0) is 18.1 Å². The number of hydrogen-bond donors (Lipinski definition) is 2. The Bertz CT molecular complexity index is 511. The van der Waals surface area contributed by atoms with Crippen molar-refractivity contribution in [1.29, 1.82) is 0 Å². The zero-order chi connectivity index (χ0) is 11.0. The number of H-pyrrole nitrogens is 1.